The molecular weight excluding hydrogens is 392 g/mol. The fourth-order valence-corrected chi connectivity index (χ4v) is 3.69. The van der Waals surface area contributed by atoms with Gasteiger partial charge in [0.25, 0.3) is 5.91 Å². The van der Waals surface area contributed by atoms with Crippen molar-refractivity contribution in [3.8, 4) is 0 Å². The number of rotatable bonds is 3. The number of amides is 1. The van der Waals surface area contributed by atoms with Gasteiger partial charge in [0.15, 0.2) is 6.61 Å². The summed E-state index contributed by atoms with van der Waals surface area (Å²) in [4.78, 5) is 32.1. The maximum absolute atomic E-state index is 12.8. The van der Waals surface area contributed by atoms with Gasteiger partial charge in [0, 0.05) is 19.5 Å². The molecule has 0 atom stereocenters. The van der Waals surface area contributed by atoms with Crippen LogP contribution in [0.25, 0.3) is 0 Å². The average Bonchev–Trinajstić information content (AvgIpc) is 3.26. The largest absolute Gasteiger partial charge is 0.462 e. The van der Waals surface area contributed by atoms with Gasteiger partial charge in [0.05, 0.1) is 17.9 Å². The summed E-state index contributed by atoms with van der Waals surface area (Å²) in [5, 5.41) is 4.24. The van der Waals surface area contributed by atoms with Gasteiger partial charge in [0.1, 0.15) is 0 Å². The minimum Gasteiger partial charge on any atom is -0.462 e. The first kappa shape index (κ1) is 22.5. The molecule has 1 aromatic carbocycles. The van der Waals surface area contributed by atoms with E-state index in [2.05, 4.69) is 11.2 Å². The van der Waals surface area contributed by atoms with Crippen molar-refractivity contribution in [2.24, 2.45) is 5.16 Å². The van der Waals surface area contributed by atoms with Gasteiger partial charge in [-0.25, -0.2) is 4.79 Å². The molecule has 0 spiro atoms. The second-order valence-corrected chi connectivity index (χ2v) is 7.79. The Hall–Kier alpha value is -3.15. The molecule has 0 aliphatic carbocycles. The van der Waals surface area contributed by atoms with Crippen molar-refractivity contribution < 1.29 is 19.2 Å². The van der Waals surface area contributed by atoms with Crippen molar-refractivity contribution in [1.29, 1.82) is 0 Å². The molecule has 1 amide bonds. The number of cyclic esters (lactones) is 1. The summed E-state index contributed by atoms with van der Waals surface area (Å²) < 4.78 is 5.50. The Morgan fingerprint density at radius 3 is 2.61 bits per heavy atom. The Morgan fingerprint density at radius 2 is 1.81 bits per heavy atom. The summed E-state index contributed by atoms with van der Waals surface area (Å²) in [6.45, 7) is 5.39. The zero-order chi connectivity index (χ0) is 22.1. The first-order valence-corrected chi connectivity index (χ1v) is 10.7. The average molecular weight is 423 g/mol. The zero-order valence-corrected chi connectivity index (χ0v) is 18.3. The highest BCUT2D eigenvalue weighted by molar-refractivity contribution is 6.00. The van der Waals surface area contributed by atoms with Crippen LogP contribution in [0.1, 0.15) is 46.3 Å². The second-order valence-electron chi connectivity index (χ2n) is 7.79. The molecule has 2 heterocycles. The lowest BCUT2D eigenvalue weighted by Crippen LogP contribution is -2.31. The van der Waals surface area contributed by atoms with Gasteiger partial charge in [-0.3, -0.25) is 4.79 Å². The molecule has 3 rings (SSSR count). The summed E-state index contributed by atoms with van der Waals surface area (Å²) >= 11 is 0. The number of fused-ring (bicyclic) bond motifs is 1. The van der Waals surface area contributed by atoms with E-state index in [4.69, 9.17) is 9.57 Å². The quantitative estimate of drug-likeness (QED) is 0.418. The van der Waals surface area contributed by atoms with E-state index >= 15 is 0 Å². The molecule has 2 aliphatic rings. The van der Waals surface area contributed by atoms with Crippen LogP contribution < -0.4 is 0 Å². The van der Waals surface area contributed by atoms with Gasteiger partial charge < -0.3 is 14.5 Å². The van der Waals surface area contributed by atoms with E-state index in [-0.39, 0.29) is 18.5 Å². The molecule has 0 unspecified atom stereocenters. The van der Waals surface area contributed by atoms with E-state index in [1.807, 2.05) is 56.4 Å². The van der Waals surface area contributed by atoms with Crippen molar-refractivity contribution in [3.05, 3.63) is 70.8 Å². The van der Waals surface area contributed by atoms with Gasteiger partial charge in [-0.05, 0) is 50.3 Å². The molecule has 0 radical (unpaired) electrons. The Morgan fingerprint density at radius 1 is 1.06 bits per heavy atom. The van der Waals surface area contributed by atoms with Crippen molar-refractivity contribution in [2.75, 3.05) is 26.3 Å². The summed E-state index contributed by atoms with van der Waals surface area (Å²) in [6.07, 6.45) is 14.9. The van der Waals surface area contributed by atoms with Crippen molar-refractivity contribution in [1.82, 2.24) is 4.90 Å². The highest BCUT2D eigenvalue weighted by Crippen LogP contribution is 2.20. The minimum atomic E-state index is -0.320. The summed E-state index contributed by atoms with van der Waals surface area (Å²) in [7, 11) is 0. The molecule has 6 nitrogen and oxygen atoms in total. The molecule has 2 aliphatic heterocycles. The normalized spacial score (nSPS) is 20.6. The topological polar surface area (TPSA) is 68.2 Å². The number of hydrogen-bond acceptors (Lipinski definition) is 5. The standard InChI is InChI=1S/C25H30N2O4/c1-19-15-20(2)24-21(16-19)17-22(26-31-18-23(28)27-12-8-9-13-27)11-7-5-3-4-6-10-14-30-25(24)29/h4,6-9,11,15-16H,3,5,10,12-14,17-18H2,1-2H3/b6-4+,11-7+,26-22-. The number of carbonyl (C=O) groups is 2. The number of aryl methyl sites for hydroxylation is 2. The van der Waals surface area contributed by atoms with Gasteiger partial charge in [0.2, 0.25) is 0 Å². The number of ether oxygens (including phenoxy) is 1. The molecule has 0 N–H and O–H groups in total. The van der Waals surface area contributed by atoms with Crippen molar-refractivity contribution >= 4 is 17.6 Å². The van der Waals surface area contributed by atoms with Gasteiger partial charge in [-0.2, -0.15) is 0 Å². The van der Waals surface area contributed by atoms with Crippen LogP contribution in [-0.2, 0) is 20.8 Å². The maximum Gasteiger partial charge on any atom is 0.338 e. The predicted molar refractivity (Wildman–Crippen MR) is 121 cm³/mol. The SMILES string of the molecule is Cc1cc(C)c2c(c1)CC(=N\OCC(=O)N1CC=CC1)/C=C/CC/C=C/CCOC2=O. The monoisotopic (exact) mass is 422 g/mol. The van der Waals surface area contributed by atoms with E-state index in [1.165, 1.54) is 0 Å². The lowest BCUT2D eigenvalue weighted by Gasteiger charge is -2.15. The Labute approximate surface area is 183 Å². The number of nitrogens with zero attached hydrogens (tertiary/aromatic N) is 2. The fraction of sp³-hybridized carbons (Fsp3) is 0.400. The van der Waals surface area contributed by atoms with E-state index < -0.39 is 0 Å². The third kappa shape index (κ3) is 6.67. The molecule has 0 aromatic heterocycles. The number of carbonyl (C=O) groups excluding carboxylic acids is 2. The molecule has 0 fully saturated rings. The van der Waals surface area contributed by atoms with E-state index in [0.717, 1.165) is 29.5 Å². The maximum atomic E-state index is 12.8. The lowest BCUT2D eigenvalue weighted by molar-refractivity contribution is -0.134. The van der Waals surface area contributed by atoms with E-state index in [9.17, 15) is 9.59 Å². The molecular formula is C25H30N2O4. The number of esters is 1. The molecule has 1 aromatic rings. The zero-order valence-electron chi connectivity index (χ0n) is 18.3. The van der Waals surface area contributed by atoms with Crippen LogP contribution in [-0.4, -0.2) is 48.8 Å². The van der Waals surface area contributed by atoms with Gasteiger partial charge in [-0.15, -0.1) is 0 Å². The van der Waals surface area contributed by atoms with Crippen LogP contribution in [0.2, 0.25) is 0 Å². The van der Waals surface area contributed by atoms with Crippen molar-refractivity contribution in [2.45, 2.75) is 39.5 Å². The molecule has 31 heavy (non-hydrogen) atoms. The van der Waals surface area contributed by atoms with Crippen molar-refractivity contribution in [3.63, 3.8) is 0 Å². The molecule has 164 valence electrons. The van der Waals surface area contributed by atoms with Crippen LogP contribution in [0, 0.1) is 13.8 Å². The number of oxime groups is 1. The van der Waals surface area contributed by atoms with Crippen LogP contribution in [0.15, 0.2) is 53.7 Å². The van der Waals surface area contributed by atoms with Gasteiger partial charge in [-0.1, -0.05) is 53.2 Å². The number of allylic oxidation sites excluding steroid dienone is 3. The van der Waals surface area contributed by atoms with E-state index in [0.29, 0.717) is 43.8 Å². The molecule has 0 bridgehead atoms. The first-order chi connectivity index (χ1) is 15.0. The van der Waals surface area contributed by atoms with Crippen LogP contribution in [0.5, 0.6) is 0 Å². The first-order valence-electron chi connectivity index (χ1n) is 10.7. The smallest absolute Gasteiger partial charge is 0.338 e. The van der Waals surface area contributed by atoms with Crippen LogP contribution in [0.3, 0.4) is 0 Å². The predicted octanol–water partition coefficient (Wildman–Crippen LogP) is 4.07. The molecule has 6 heteroatoms. The lowest BCUT2D eigenvalue weighted by atomic mass is 9.95. The fourth-order valence-electron chi connectivity index (χ4n) is 3.69. The summed E-state index contributed by atoms with van der Waals surface area (Å²) in [5.41, 5.74) is 4.02. The Balaban J connectivity index is 1.82. The van der Waals surface area contributed by atoms with E-state index in [1.54, 1.807) is 4.90 Å². The highest BCUT2D eigenvalue weighted by Gasteiger charge is 2.18. The third-order valence-electron chi connectivity index (χ3n) is 5.17. The molecule has 0 saturated carbocycles. The summed E-state index contributed by atoms with van der Waals surface area (Å²) in [6, 6.07) is 3.97. The summed E-state index contributed by atoms with van der Waals surface area (Å²) in [5.74, 6) is -0.418. The second kappa shape index (κ2) is 11.3. The molecule has 0 saturated heterocycles. The Bertz CT molecular complexity index is 920. The third-order valence-corrected chi connectivity index (χ3v) is 5.17. The minimum absolute atomic E-state index is 0.0972. The number of benzene rings is 1. The van der Waals surface area contributed by atoms with Crippen LogP contribution in [0.4, 0.5) is 0 Å². The van der Waals surface area contributed by atoms with Crippen LogP contribution >= 0.6 is 0 Å². The van der Waals surface area contributed by atoms with Gasteiger partial charge >= 0.3 is 5.97 Å². The number of hydrogen-bond donors (Lipinski definition) is 0. The Kier molecular flexibility index (Phi) is 8.21. The highest BCUT2D eigenvalue weighted by atomic mass is 16.6.